The van der Waals surface area contributed by atoms with Gasteiger partial charge in [-0.05, 0) is 103 Å². The average Bonchev–Trinajstić information content (AvgIpc) is 4.01. The van der Waals surface area contributed by atoms with Crippen LogP contribution < -0.4 is 19.3 Å². The van der Waals surface area contributed by atoms with Gasteiger partial charge in [0.15, 0.2) is 0 Å². The maximum Gasteiger partial charge on any atom is 0.242 e. The molecule has 4 heterocycles. The number of amides is 4. The van der Waals surface area contributed by atoms with Crippen molar-refractivity contribution >= 4 is 91.1 Å². The lowest BCUT2D eigenvalue weighted by Gasteiger charge is -2.49. The summed E-state index contributed by atoms with van der Waals surface area (Å²) in [5.41, 5.74) is 3.65. The van der Waals surface area contributed by atoms with E-state index in [1.807, 2.05) is 117 Å². The van der Waals surface area contributed by atoms with E-state index in [0.717, 1.165) is 42.6 Å². The number of carbonyl (C=O) groups excluding carboxylic acids is 4. The molecule has 2 saturated heterocycles. The molecule has 13 heteroatoms. The van der Waals surface area contributed by atoms with Crippen LogP contribution in [0.1, 0.15) is 47.9 Å². The van der Waals surface area contributed by atoms with E-state index in [9.17, 15) is 14.7 Å². The molecule has 0 bridgehead atoms. The Labute approximate surface area is 395 Å². The van der Waals surface area contributed by atoms with Gasteiger partial charge in [0.05, 0.1) is 48.0 Å². The normalized spacial score (nSPS) is 23.6. The Hall–Kier alpha value is -7.02. The molecular formula is C54H45ClN4O7S. The molecule has 336 valence electrons. The van der Waals surface area contributed by atoms with Crippen LogP contribution >= 0.6 is 22.9 Å². The number of fused-ring (bicyclic) bond motifs is 6. The summed E-state index contributed by atoms with van der Waals surface area (Å²) < 4.78 is 13.5. The highest BCUT2D eigenvalue weighted by Gasteiger charge is 2.68. The van der Waals surface area contributed by atoms with Crippen LogP contribution in [-0.2, 0) is 26.2 Å². The van der Waals surface area contributed by atoms with Gasteiger partial charge in [-0.1, -0.05) is 83.9 Å². The monoisotopic (exact) mass is 928 g/mol. The van der Waals surface area contributed by atoms with Gasteiger partial charge in [0.2, 0.25) is 23.6 Å². The Kier molecular flexibility index (Phi) is 10.1. The predicted octanol–water partition coefficient (Wildman–Crippen LogP) is 10.7. The number of rotatable bonds is 8. The van der Waals surface area contributed by atoms with Crippen molar-refractivity contribution < 1.29 is 33.8 Å². The molecule has 67 heavy (non-hydrogen) atoms. The molecular weight excluding hydrogens is 884 g/mol. The minimum absolute atomic E-state index is 0.0167. The topological polar surface area (TPSA) is 131 Å². The summed E-state index contributed by atoms with van der Waals surface area (Å²) in [6.45, 7) is 3.83. The number of benzene rings is 5. The lowest BCUT2D eigenvalue weighted by Crippen LogP contribution is -2.49. The first kappa shape index (κ1) is 42.6. The maximum absolute atomic E-state index is 15.4. The minimum Gasteiger partial charge on any atom is -0.507 e. The predicted molar refractivity (Wildman–Crippen MR) is 261 cm³/mol. The van der Waals surface area contributed by atoms with Crippen LogP contribution in [-0.4, -0.2) is 52.7 Å². The van der Waals surface area contributed by atoms with Gasteiger partial charge in [0.1, 0.15) is 28.8 Å². The molecule has 6 atom stereocenters. The molecule has 2 aliphatic carbocycles. The van der Waals surface area contributed by atoms with Crippen LogP contribution in [0, 0.1) is 36.0 Å². The molecule has 4 aliphatic rings. The second-order valence-corrected chi connectivity index (χ2v) is 19.6. The van der Waals surface area contributed by atoms with E-state index in [0.29, 0.717) is 44.7 Å². The minimum atomic E-state index is -1.37. The first-order chi connectivity index (χ1) is 32.3. The Balaban J connectivity index is 0.964. The van der Waals surface area contributed by atoms with Crippen molar-refractivity contribution in [3.8, 4) is 27.8 Å². The smallest absolute Gasteiger partial charge is 0.242 e. The Morgan fingerprint density at radius 3 is 2.40 bits per heavy atom. The van der Waals surface area contributed by atoms with Crippen LogP contribution in [0.4, 0.5) is 11.5 Å². The number of aromatic hydroxyl groups is 1. The van der Waals surface area contributed by atoms with E-state index in [2.05, 4.69) is 0 Å². The number of hydrogen-bond acceptors (Lipinski definition) is 9. The number of methoxy groups -OCH3 is 2. The highest BCUT2D eigenvalue weighted by Crippen LogP contribution is 2.65. The van der Waals surface area contributed by atoms with Crippen molar-refractivity contribution in [2.45, 2.75) is 32.6 Å². The third kappa shape index (κ3) is 6.40. The lowest BCUT2D eigenvalue weighted by atomic mass is 9.51. The number of carbonyl (C=O) groups is 4. The molecule has 7 aromatic rings. The third-order valence-electron chi connectivity index (χ3n) is 14.8. The Morgan fingerprint density at radius 1 is 0.836 bits per heavy atom. The number of hydrogen-bond donors (Lipinski definition) is 1. The fraction of sp³-hybridized carbons (Fsp3) is 0.241. The van der Waals surface area contributed by atoms with E-state index in [1.165, 1.54) is 9.80 Å². The summed E-state index contributed by atoms with van der Waals surface area (Å²) in [6, 6.07) is 31.6. The first-order valence-electron chi connectivity index (χ1n) is 22.2. The second-order valence-electron chi connectivity index (χ2n) is 18.1. The molecule has 11 rings (SSSR count). The summed E-state index contributed by atoms with van der Waals surface area (Å²) in [7, 11) is 4.94. The number of aromatic nitrogens is 2. The molecule has 4 amide bonds. The summed E-state index contributed by atoms with van der Waals surface area (Å²) in [5, 5.41) is 20.1. The zero-order valence-electron chi connectivity index (χ0n) is 37.3. The van der Waals surface area contributed by atoms with Gasteiger partial charge < -0.3 is 14.6 Å². The zero-order chi connectivity index (χ0) is 46.6. The number of phenols is 1. The van der Waals surface area contributed by atoms with Crippen LogP contribution in [0.15, 0.2) is 115 Å². The van der Waals surface area contributed by atoms with Gasteiger partial charge in [0.25, 0.3) is 0 Å². The van der Waals surface area contributed by atoms with Gasteiger partial charge in [-0.15, -0.1) is 11.3 Å². The quantitative estimate of drug-likeness (QED) is 0.0905. The first-order valence-corrected chi connectivity index (χ1v) is 23.4. The SMILES string of the molecule is COc1ccc(OC)c(C=Cc2ccc(N3C(=O)[C@H]4[C@H](CC=C5[C@H]4C[C@H]4C(=O)N(c6cc(-c7sc8ccc(Cl)cc8c7C)nn6C)C(=O)[C@@]4(C)[C@H]5c4ccc5ccccc5c4O)C3=O)cc2)c1. The fourth-order valence-corrected chi connectivity index (χ4v) is 12.8. The number of anilines is 2. The maximum atomic E-state index is 15.4. The van der Waals surface area contributed by atoms with Crippen LogP contribution in [0.2, 0.25) is 5.02 Å². The largest absolute Gasteiger partial charge is 0.507 e. The zero-order valence-corrected chi connectivity index (χ0v) is 38.9. The van der Waals surface area contributed by atoms with Crippen molar-refractivity contribution in [3.63, 3.8) is 0 Å². The molecule has 1 N–H and O–H groups in total. The average molecular weight is 929 g/mol. The van der Waals surface area contributed by atoms with E-state index < -0.39 is 46.8 Å². The van der Waals surface area contributed by atoms with Crippen molar-refractivity contribution in [2.24, 2.45) is 36.1 Å². The van der Waals surface area contributed by atoms with Gasteiger partial charge in [-0.3, -0.25) is 28.8 Å². The number of nitrogens with zero attached hydrogens (tertiary/aromatic N) is 4. The number of allylic oxidation sites excluding steroid dienone is 2. The Bertz CT molecular complexity index is 3330. The second kappa shape index (κ2) is 15.8. The molecule has 3 fully saturated rings. The van der Waals surface area contributed by atoms with Gasteiger partial charge >= 0.3 is 0 Å². The standard InChI is InChI=1S/C54H45ClN4O7S/c1-28-39-25-32(55)15-23-44(39)67-49(28)42-27-45(57(3)56-42)59-51(62)41-26-40-36(47(54(41,2)53(59)64)38-19-14-30-8-6-7-9-35(30)48(38)60)20-21-37-46(40)52(63)58(50(37)61)33-16-11-29(12-17-33)10-13-31-24-34(65-4)18-22-43(31)66-5/h6-20,22-25,27,37,40-41,46-47,60H,21,26H2,1-5H3/t37-,40+,41-,46-,47+,54+/m0/s1. The van der Waals surface area contributed by atoms with E-state index in [-0.39, 0.29) is 30.4 Å². The molecule has 5 aromatic carbocycles. The van der Waals surface area contributed by atoms with E-state index >= 15 is 9.59 Å². The summed E-state index contributed by atoms with van der Waals surface area (Å²) in [5.74, 6) is -3.45. The summed E-state index contributed by atoms with van der Waals surface area (Å²) in [6.07, 6.45) is 6.27. The highest BCUT2D eigenvalue weighted by molar-refractivity contribution is 7.22. The Morgan fingerprint density at radius 2 is 1.63 bits per heavy atom. The van der Waals surface area contributed by atoms with E-state index in [1.54, 1.807) is 55.5 Å². The number of halogens is 1. The lowest BCUT2D eigenvalue weighted by molar-refractivity contribution is -0.131. The van der Waals surface area contributed by atoms with Crippen LogP contribution in [0.5, 0.6) is 17.2 Å². The number of thiophene rings is 1. The molecule has 1 saturated carbocycles. The van der Waals surface area contributed by atoms with Gasteiger partial charge in [0, 0.05) is 45.3 Å². The van der Waals surface area contributed by atoms with E-state index in [4.69, 9.17) is 26.2 Å². The van der Waals surface area contributed by atoms with Crippen molar-refractivity contribution in [1.82, 2.24) is 9.78 Å². The van der Waals surface area contributed by atoms with Crippen molar-refractivity contribution in [2.75, 3.05) is 24.0 Å². The molecule has 11 nitrogen and oxygen atoms in total. The number of aryl methyl sites for hydroxylation is 2. The van der Waals surface area contributed by atoms with Crippen LogP contribution in [0.3, 0.4) is 0 Å². The fourth-order valence-electron chi connectivity index (χ4n) is 11.4. The molecule has 0 unspecified atom stereocenters. The van der Waals surface area contributed by atoms with Crippen molar-refractivity contribution in [1.29, 1.82) is 0 Å². The summed E-state index contributed by atoms with van der Waals surface area (Å²) >= 11 is 7.93. The highest BCUT2D eigenvalue weighted by atomic mass is 35.5. The van der Waals surface area contributed by atoms with Crippen LogP contribution in [0.25, 0.3) is 43.6 Å². The molecule has 2 aromatic heterocycles. The molecule has 2 aliphatic heterocycles. The molecule has 0 radical (unpaired) electrons. The van der Waals surface area contributed by atoms with Gasteiger partial charge in [-0.2, -0.15) is 5.10 Å². The number of imide groups is 2. The molecule has 0 spiro atoms. The number of ether oxygens (including phenoxy) is 2. The summed E-state index contributed by atoms with van der Waals surface area (Å²) in [4.78, 5) is 63.5. The van der Waals surface area contributed by atoms with Crippen molar-refractivity contribution in [3.05, 3.63) is 142 Å². The number of phenolic OH excluding ortho intramolecular Hbond substituents is 1. The third-order valence-corrected chi connectivity index (χ3v) is 16.3. The van der Waals surface area contributed by atoms with Gasteiger partial charge in [-0.25, -0.2) is 4.90 Å².